The van der Waals surface area contributed by atoms with Crippen molar-refractivity contribution in [3.63, 3.8) is 0 Å². The molecule has 0 unspecified atom stereocenters. The molecule has 0 aromatic heterocycles. The molecule has 0 aliphatic carbocycles. The van der Waals surface area contributed by atoms with Gasteiger partial charge >= 0.3 is 0 Å². The summed E-state index contributed by atoms with van der Waals surface area (Å²) < 4.78 is 5.51. The molecular weight excluding hydrogens is 330 g/mol. The number of ether oxygens (including phenoxy) is 1. The fraction of sp³-hybridized carbons (Fsp3) is 0.250. The molecule has 134 valence electrons. The highest BCUT2D eigenvalue weighted by Crippen LogP contribution is 2.16. The Balaban J connectivity index is 1.86. The van der Waals surface area contributed by atoms with E-state index in [1.54, 1.807) is 24.3 Å². The van der Waals surface area contributed by atoms with E-state index in [0.29, 0.717) is 18.0 Å². The minimum Gasteiger partial charge on any atom is -0.484 e. The summed E-state index contributed by atoms with van der Waals surface area (Å²) in [6, 6.07) is 14.6. The van der Waals surface area contributed by atoms with Crippen LogP contribution in [0, 0.1) is 25.2 Å². The molecule has 0 atom stereocenters. The van der Waals surface area contributed by atoms with Gasteiger partial charge in [0, 0.05) is 12.2 Å². The highest BCUT2D eigenvalue weighted by Gasteiger charge is 2.06. The van der Waals surface area contributed by atoms with Crippen LogP contribution in [0.25, 0.3) is 0 Å². The molecule has 0 bridgehead atoms. The maximum atomic E-state index is 12.1. The smallest absolute Gasteiger partial charge is 0.262 e. The van der Waals surface area contributed by atoms with Crippen LogP contribution in [0.3, 0.4) is 0 Å². The van der Waals surface area contributed by atoms with E-state index in [1.165, 1.54) is 5.56 Å². The van der Waals surface area contributed by atoms with Gasteiger partial charge in [0.25, 0.3) is 5.91 Å². The highest BCUT2D eigenvalue weighted by atomic mass is 16.5. The van der Waals surface area contributed by atoms with E-state index in [4.69, 9.17) is 10.00 Å². The van der Waals surface area contributed by atoms with E-state index in [0.717, 1.165) is 11.1 Å². The molecule has 2 N–H and O–H groups in total. The number of benzene rings is 2. The predicted octanol–water partition coefficient (Wildman–Crippen LogP) is 2.85. The lowest BCUT2D eigenvalue weighted by molar-refractivity contribution is -0.120. The Hall–Kier alpha value is -3.33. The second kappa shape index (κ2) is 9.23. The van der Waals surface area contributed by atoms with E-state index < -0.39 is 0 Å². The number of anilines is 1. The lowest BCUT2D eigenvalue weighted by Crippen LogP contribution is -2.22. The van der Waals surface area contributed by atoms with Crippen LogP contribution in [0.2, 0.25) is 0 Å². The van der Waals surface area contributed by atoms with Crippen LogP contribution in [0.15, 0.2) is 42.5 Å². The lowest BCUT2D eigenvalue weighted by atomic mass is 10.1. The number of nitrogens with one attached hydrogen (secondary N) is 2. The quantitative estimate of drug-likeness (QED) is 0.802. The van der Waals surface area contributed by atoms with E-state index in [-0.39, 0.29) is 24.8 Å². The second-order valence-electron chi connectivity index (χ2n) is 5.89. The molecule has 0 saturated carbocycles. The number of rotatable bonds is 7. The highest BCUT2D eigenvalue weighted by molar-refractivity contribution is 5.92. The maximum absolute atomic E-state index is 12.1. The van der Waals surface area contributed by atoms with Gasteiger partial charge in [0.1, 0.15) is 12.2 Å². The number of nitriles is 1. The fourth-order valence-electron chi connectivity index (χ4n) is 2.24. The molecule has 0 fully saturated rings. The van der Waals surface area contributed by atoms with Crippen molar-refractivity contribution in [1.29, 1.82) is 5.26 Å². The van der Waals surface area contributed by atoms with Crippen LogP contribution >= 0.6 is 0 Å². The summed E-state index contributed by atoms with van der Waals surface area (Å²) in [6.45, 7) is 4.21. The van der Waals surface area contributed by atoms with Crippen LogP contribution < -0.4 is 15.4 Å². The molecule has 2 aromatic carbocycles. The summed E-state index contributed by atoms with van der Waals surface area (Å²) >= 11 is 0. The van der Waals surface area contributed by atoms with Gasteiger partial charge in [-0.2, -0.15) is 5.26 Å². The number of hydrogen-bond acceptors (Lipinski definition) is 4. The summed E-state index contributed by atoms with van der Waals surface area (Å²) in [4.78, 5) is 23.4. The van der Waals surface area contributed by atoms with E-state index >= 15 is 0 Å². The van der Waals surface area contributed by atoms with Gasteiger partial charge in [-0.3, -0.25) is 9.59 Å². The molecule has 2 aromatic rings. The van der Waals surface area contributed by atoms with Gasteiger partial charge in [0.2, 0.25) is 5.91 Å². The van der Waals surface area contributed by atoms with Crippen LogP contribution in [-0.2, 0) is 16.1 Å². The molecule has 0 spiro atoms. The molecular formula is C20H21N3O3. The SMILES string of the molecule is Cc1ccc(OCC(=O)Nc2cccc(CNC(=O)CC#N)c2)cc1C. The molecule has 0 radical (unpaired) electrons. The number of nitrogens with zero attached hydrogens (tertiary/aromatic N) is 1. The van der Waals surface area contributed by atoms with Gasteiger partial charge < -0.3 is 15.4 Å². The average molecular weight is 351 g/mol. The van der Waals surface area contributed by atoms with Crippen molar-refractivity contribution in [3.05, 3.63) is 59.2 Å². The molecule has 6 heteroatoms. The first-order chi connectivity index (χ1) is 12.5. The molecule has 0 saturated heterocycles. The van der Waals surface area contributed by atoms with Crippen molar-refractivity contribution in [2.75, 3.05) is 11.9 Å². The minimum atomic E-state index is -0.330. The first-order valence-corrected chi connectivity index (χ1v) is 8.20. The molecule has 6 nitrogen and oxygen atoms in total. The van der Waals surface area contributed by atoms with Crippen molar-refractivity contribution in [3.8, 4) is 11.8 Å². The zero-order chi connectivity index (χ0) is 18.9. The number of hydrogen-bond donors (Lipinski definition) is 2. The molecule has 0 heterocycles. The van der Waals surface area contributed by atoms with E-state index in [2.05, 4.69) is 10.6 Å². The predicted molar refractivity (Wildman–Crippen MR) is 98.6 cm³/mol. The first-order valence-electron chi connectivity index (χ1n) is 8.20. The van der Waals surface area contributed by atoms with Crippen molar-refractivity contribution >= 4 is 17.5 Å². The van der Waals surface area contributed by atoms with Crippen LogP contribution in [0.5, 0.6) is 5.75 Å². The summed E-state index contributed by atoms with van der Waals surface area (Å²) in [5.41, 5.74) is 3.71. The molecule has 2 rings (SSSR count). The minimum absolute atomic E-state index is 0.0916. The van der Waals surface area contributed by atoms with Crippen molar-refractivity contribution < 1.29 is 14.3 Å². The Bertz CT molecular complexity index is 840. The van der Waals surface area contributed by atoms with E-state index in [9.17, 15) is 9.59 Å². The zero-order valence-electron chi connectivity index (χ0n) is 14.8. The van der Waals surface area contributed by atoms with Gasteiger partial charge in [0.05, 0.1) is 6.07 Å². The fourth-order valence-corrected chi connectivity index (χ4v) is 2.24. The van der Waals surface area contributed by atoms with Gasteiger partial charge in [-0.15, -0.1) is 0 Å². The Morgan fingerprint density at radius 3 is 2.62 bits per heavy atom. The number of carbonyl (C=O) groups is 2. The van der Waals surface area contributed by atoms with Crippen molar-refractivity contribution in [1.82, 2.24) is 5.32 Å². The topological polar surface area (TPSA) is 91.2 Å². The monoisotopic (exact) mass is 351 g/mol. The van der Waals surface area contributed by atoms with E-state index in [1.807, 2.05) is 38.1 Å². The molecule has 26 heavy (non-hydrogen) atoms. The Morgan fingerprint density at radius 1 is 1.08 bits per heavy atom. The Morgan fingerprint density at radius 2 is 1.88 bits per heavy atom. The largest absolute Gasteiger partial charge is 0.484 e. The van der Waals surface area contributed by atoms with Crippen LogP contribution in [0.4, 0.5) is 5.69 Å². The summed E-state index contributed by atoms with van der Waals surface area (Å²) in [6.07, 6.45) is -0.174. The molecule has 0 aliphatic heterocycles. The Labute approximate surface area is 152 Å². The third kappa shape index (κ3) is 5.95. The summed E-state index contributed by atoms with van der Waals surface area (Å²) in [5.74, 6) is 0.0508. The number of aryl methyl sites for hydroxylation is 2. The number of amides is 2. The summed E-state index contributed by atoms with van der Waals surface area (Å²) in [7, 11) is 0. The first kappa shape index (κ1) is 19.0. The second-order valence-corrected chi connectivity index (χ2v) is 5.89. The third-order valence-electron chi connectivity index (χ3n) is 3.79. The molecule has 2 amide bonds. The van der Waals surface area contributed by atoms with Crippen molar-refractivity contribution in [2.45, 2.75) is 26.8 Å². The maximum Gasteiger partial charge on any atom is 0.262 e. The number of carbonyl (C=O) groups excluding carboxylic acids is 2. The van der Waals surface area contributed by atoms with Crippen molar-refractivity contribution in [2.24, 2.45) is 0 Å². The summed E-state index contributed by atoms with van der Waals surface area (Å²) in [5, 5.41) is 13.9. The third-order valence-corrected chi connectivity index (χ3v) is 3.79. The van der Waals surface area contributed by atoms with Gasteiger partial charge in [-0.25, -0.2) is 0 Å². The molecule has 0 aliphatic rings. The van der Waals surface area contributed by atoms with Gasteiger partial charge in [-0.05, 0) is 54.8 Å². The standard InChI is InChI=1S/C20H21N3O3/c1-14-6-7-18(10-15(14)2)26-13-20(25)23-17-5-3-4-16(11-17)12-22-19(24)8-9-21/h3-7,10-11H,8,12-13H2,1-2H3,(H,22,24)(H,23,25). The zero-order valence-corrected chi connectivity index (χ0v) is 14.8. The van der Waals surface area contributed by atoms with Crippen LogP contribution in [-0.4, -0.2) is 18.4 Å². The lowest BCUT2D eigenvalue weighted by Gasteiger charge is -2.10. The van der Waals surface area contributed by atoms with Gasteiger partial charge in [-0.1, -0.05) is 18.2 Å². The van der Waals surface area contributed by atoms with Gasteiger partial charge in [0.15, 0.2) is 6.61 Å². The Kier molecular flexibility index (Phi) is 6.75. The average Bonchev–Trinajstić information content (AvgIpc) is 2.61. The normalized spacial score (nSPS) is 9.88. The van der Waals surface area contributed by atoms with Crippen LogP contribution in [0.1, 0.15) is 23.1 Å².